The third-order valence-electron chi connectivity index (χ3n) is 3.23. The summed E-state index contributed by atoms with van der Waals surface area (Å²) in [6, 6.07) is 0. The minimum atomic E-state index is -1.11. The molecule has 154 valence electrons. The summed E-state index contributed by atoms with van der Waals surface area (Å²) in [6.07, 6.45) is -4.13. The average molecular weight is 424 g/mol. The van der Waals surface area contributed by atoms with Crippen LogP contribution in [-0.2, 0) is 42.9 Å². The Kier molecular flexibility index (Phi) is 9.95. The molecule has 0 N–H and O–H groups in total. The van der Waals surface area contributed by atoms with E-state index in [9.17, 15) is 19.2 Å². The van der Waals surface area contributed by atoms with Crippen molar-refractivity contribution >= 4 is 45.5 Å². The third kappa shape index (κ3) is 7.97. The summed E-state index contributed by atoms with van der Waals surface area (Å²) in [5, 5.41) is 0. The normalized spacial score (nSPS) is 27.4. The standard InChI is InChI=1S/C16H24O9S2/c1-6-26-27-16-15(24-11(5)20)14(23-10(4)19)13(22-9(3)18)12(25-16)7-21-8(2)17/h12-16H,6-7H2,1-5H3/t12?,13-,14?,15?,16+/m1/s1. The Morgan fingerprint density at radius 2 is 1.33 bits per heavy atom. The van der Waals surface area contributed by atoms with Crippen LogP contribution in [0.25, 0.3) is 0 Å². The van der Waals surface area contributed by atoms with Gasteiger partial charge in [-0.2, -0.15) is 0 Å². The summed E-state index contributed by atoms with van der Waals surface area (Å²) in [5.74, 6) is -1.69. The fourth-order valence-corrected chi connectivity index (χ4v) is 4.45. The van der Waals surface area contributed by atoms with E-state index in [-0.39, 0.29) is 6.61 Å². The molecule has 0 aromatic rings. The number of ether oxygens (including phenoxy) is 5. The molecule has 0 aromatic heterocycles. The quantitative estimate of drug-likeness (QED) is 0.320. The van der Waals surface area contributed by atoms with E-state index >= 15 is 0 Å². The lowest BCUT2D eigenvalue weighted by atomic mass is 9.99. The summed E-state index contributed by atoms with van der Waals surface area (Å²) in [6.45, 7) is 6.53. The van der Waals surface area contributed by atoms with Gasteiger partial charge in [0.1, 0.15) is 12.7 Å². The molecule has 5 atom stereocenters. The van der Waals surface area contributed by atoms with E-state index in [0.29, 0.717) is 0 Å². The third-order valence-corrected chi connectivity index (χ3v) is 5.85. The first-order valence-electron chi connectivity index (χ1n) is 8.24. The van der Waals surface area contributed by atoms with Crippen molar-refractivity contribution in [3.05, 3.63) is 0 Å². The molecule has 0 radical (unpaired) electrons. The smallest absolute Gasteiger partial charge is 0.303 e. The molecule has 1 aliphatic heterocycles. The lowest BCUT2D eigenvalue weighted by Crippen LogP contribution is -2.61. The summed E-state index contributed by atoms with van der Waals surface area (Å²) in [4.78, 5) is 46.0. The van der Waals surface area contributed by atoms with Crippen LogP contribution in [0.1, 0.15) is 34.6 Å². The van der Waals surface area contributed by atoms with E-state index < -0.39 is 53.7 Å². The Balaban J connectivity index is 3.22. The average Bonchev–Trinajstić information content (AvgIpc) is 2.54. The SMILES string of the molecule is CCSS[C@@H]1OC(COC(C)=O)[C@@H](OC(C)=O)C(OC(C)=O)C1OC(C)=O. The van der Waals surface area contributed by atoms with Gasteiger partial charge < -0.3 is 23.7 Å². The van der Waals surface area contributed by atoms with Gasteiger partial charge in [-0.05, 0) is 0 Å². The maximum Gasteiger partial charge on any atom is 0.303 e. The highest BCUT2D eigenvalue weighted by Crippen LogP contribution is 2.39. The Hall–Kier alpha value is -1.46. The topological polar surface area (TPSA) is 114 Å². The summed E-state index contributed by atoms with van der Waals surface area (Å²) >= 11 is 0. The van der Waals surface area contributed by atoms with Crippen LogP contribution < -0.4 is 0 Å². The summed E-state index contributed by atoms with van der Waals surface area (Å²) in [5.41, 5.74) is -0.726. The maximum atomic E-state index is 11.6. The highest BCUT2D eigenvalue weighted by Gasteiger charge is 2.52. The number of hydrogen-bond donors (Lipinski definition) is 0. The highest BCUT2D eigenvalue weighted by atomic mass is 33.1. The predicted octanol–water partition coefficient (Wildman–Crippen LogP) is 1.47. The van der Waals surface area contributed by atoms with E-state index in [1.165, 1.54) is 49.3 Å². The molecule has 27 heavy (non-hydrogen) atoms. The number of hydrogen-bond acceptors (Lipinski definition) is 11. The van der Waals surface area contributed by atoms with Crippen molar-refractivity contribution in [3.8, 4) is 0 Å². The second kappa shape index (κ2) is 11.4. The molecule has 0 saturated carbocycles. The molecule has 9 nitrogen and oxygen atoms in total. The molecule has 0 amide bonds. The Bertz CT molecular complexity index is 554. The van der Waals surface area contributed by atoms with Gasteiger partial charge in [-0.15, -0.1) is 0 Å². The van der Waals surface area contributed by atoms with Gasteiger partial charge in [-0.25, -0.2) is 0 Å². The number of esters is 4. The van der Waals surface area contributed by atoms with Gasteiger partial charge in [0.05, 0.1) is 0 Å². The molecule has 1 aliphatic rings. The highest BCUT2D eigenvalue weighted by molar-refractivity contribution is 8.76. The fraction of sp³-hybridized carbons (Fsp3) is 0.750. The Morgan fingerprint density at radius 3 is 1.81 bits per heavy atom. The monoisotopic (exact) mass is 424 g/mol. The van der Waals surface area contributed by atoms with Crippen LogP contribution in [0.3, 0.4) is 0 Å². The minimum Gasteiger partial charge on any atom is -0.463 e. The molecule has 0 spiro atoms. The molecule has 1 rings (SSSR count). The number of carbonyl (C=O) groups is 4. The molecule has 0 aliphatic carbocycles. The Morgan fingerprint density at radius 1 is 0.815 bits per heavy atom. The predicted molar refractivity (Wildman–Crippen MR) is 97.7 cm³/mol. The molecular weight excluding hydrogens is 400 g/mol. The van der Waals surface area contributed by atoms with Gasteiger partial charge in [0.2, 0.25) is 0 Å². The van der Waals surface area contributed by atoms with E-state index in [4.69, 9.17) is 23.7 Å². The van der Waals surface area contributed by atoms with Crippen molar-refractivity contribution in [3.63, 3.8) is 0 Å². The lowest BCUT2D eigenvalue weighted by Gasteiger charge is -2.43. The van der Waals surface area contributed by atoms with Gasteiger partial charge in [0.25, 0.3) is 0 Å². The van der Waals surface area contributed by atoms with Crippen molar-refractivity contribution in [2.45, 2.75) is 64.5 Å². The first-order valence-corrected chi connectivity index (χ1v) is 10.6. The van der Waals surface area contributed by atoms with E-state index in [0.717, 1.165) is 5.75 Å². The van der Waals surface area contributed by atoms with Crippen molar-refractivity contribution in [2.75, 3.05) is 12.4 Å². The van der Waals surface area contributed by atoms with Crippen molar-refractivity contribution in [2.24, 2.45) is 0 Å². The molecule has 11 heteroatoms. The van der Waals surface area contributed by atoms with Crippen LogP contribution in [0.5, 0.6) is 0 Å². The van der Waals surface area contributed by atoms with Crippen LogP contribution in [0.2, 0.25) is 0 Å². The van der Waals surface area contributed by atoms with Crippen molar-refractivity contribution in [1.29, 1.82) is 0 Å². The van der Waals surface area contributed by atoms with Crippen LogP contribution in [0, 0.1) is 0 Å². The summed E-state index contributed by atoms with van der Waals surface area (Å²) < 4.78 is 26.8. The van der Waals surface area contributed by atoms with E-state index in [2.05, 4.69) is 0 Å². The number of rotatable bonds is 8. The van der Waals surface area contributed by atoms with Crippen LogP contribution in [0.15, 0.2) is 0 Å². The first kappa shape index (κ1) is 23.6. The zero-order valence-corrected chi connectivity index (χ0v) is 17.4. The minimum absolute atomic E-state index is 0.217. The second-order valence-corrected chi connectivity index (χ2v) is 8.32. The van der Waals surface area contributed by atoms with Crippen LogP contribution in [0.4, 0.5) is 0 Å². The molecule has 1 heterocycles. The maximum absolute atomic E-state index is 11.6. The van der Waals surface area contributed by atoms with E-state index in [1.807, 2.05) is 6.92 Å². The first-order chi connectivity index (χ1) is 12.6. The van der Waals surface area contributed by atoms with Crippen molar-refractivity contribution < 1.29 is 42.9 Å². The molecule has 1 saturated heterocycles. The molecule has 3 unspecified atom stereocenters. The second-order valence-electron chi connectivity index (χ2n) is 5.57. The van der Waals surface area contributed by atoms with Gasteiger partial charge >= 0.3 is 23.9 Å². The molecule has 1 fully saturated rings. The molecular formula is C16H24O9S2. The van der Waals surface area contributed by atoms with Gasteiger partial charge in [-0.3, -0.25) is 19.2 Å². The zero-order valence-electron chi connectivity index (χ0n) is 15.8. The largest absolute Gasteiger partial charge is 0.463 e. The molecule has 0 bridgehead atoms. The van der Waals surface area contributed by atoms with Crippen LogP contribution >= 0.6 is 21.6 Å². The lowest BCUT2D eigenvalue weighted by molar-refractivity contribution is -0.237. The van der Waals surface area contributed by atoms with Gasteiger partial charge in [0.15, 0.2) is 23.7 Å². The van der Waals surface area contributed by atoms with E-state index in [1.54, 1.807) is 0 Å². The van der Waals surface area contributed by atoms with Crippen molar-refractivity contribution in [1.82, 2.24) is 0 Å². The van der Waals surface area contributed by atoms with Gasteiger partial charge in [-0.1, -0.05) is 28.5 Å². The summed E-state index contributed by atoms with van der Waals surface area (Å²) in [7, 11) is 2.73. The fourth-order valence-electron chi connectivity index (χ4n) is 2.40. The number of carbonyl (C=O) groups excluding carboxylic acids is 4. The zero-order chi connectivity index (χ0) is 20.6. The van der Waals surface area contributed by atoms with Crippen LogP contribution in [-0.4, -0.2) is 66.1 Å². The molecule has 0 aromatic carbocycles. The Labute approximate surface area is 165 Å². The van der Waals surface area contributed by atoms with Gasteiger partial charge in [0, 0.05) is 33.4 Å².